The molecule has 43 heavy (non-hydrogen) atoms. The molecule has 0 aromatic heterocycles. The predicted molar refractivity (Wildman–Crippen MR) is 159 cm³/mol. The first-order valence-corrected chi connectivity index (χ1v) is 18.9. The van der Waals surface area contributed by atoms with Gasteiger partial charge in [-0.05, 0) is 56.4 Å². The third-order valence-corrected chi connectivity index (χ3v) is 9.88. The van der Waals surface area contributed by atoms with Crippen LogP contribution in [0.25, 0.3) is 0 Å². The van der Waals surface area contributed by atoms with E-state index in [1.165, 1.54) is 37.8 Å². The normalized spacial score (nSPS) is 18.4. The van der Waals surface area contributed by atoms with Crippen LogP contribution in [0, 0.1) is 11.6 Å². The molecule has 7 nitrogen and oxygen atoms in total. The topological polar surface area (TPSA) is 105 Å². The third kappa shape index (κ3) is 12.2. The van der Waals surface area contributed by atoms with Crippen LogP contribution in [0.4, 0.5) is 22.0 Å². The second kappa shape index (κ2) is 17.4. The summed E-state index contributed by atoms with van der Waals surface area (Å²) in [7, 11) is -6.29. The average molecular weight is 699 g/mol. The molecule has 3 N–H and O–H groups in total. The molecule has 3 rings (SSSR count). The van der Waals surface area contributed by atoms with Gasteiger partial charge in [-0.2, -0.15) is 21.6 Å². The SMILES string of the molecule is CCCC(O)c1c(F)cccc1C(Cl)CO.CNCC1OCC(Cl)c2cccc(F)c21.C[Si](C)(C)OS(=O)(=O)C(F)(F)F. The lowest BCUT2D eigenvalue weighted by atomic mass is 9.96. The Morgan fingerprint density at radius 2 is 1.72 bits per heavy atom. The number of likely N-dealkylation sites (N-methyl/N-ethyl adjacent to an activating group) is 1. The second-order valence-electron chi connectivity index (χ2n) is 10.4. The Kier molecular flexibility index (Phi) is 16.0. The maximum absolute atomic E-state index is 13.7. The minimum absolute atomic E-state index is 0.207. The first-order chi connectivity index (χ1) is 19.8. The third-order valence-electron chi connectivity index (χ3n) is 5.70. The zero-order chi connectivity index (χ0) is 33.2. The number of fused-ring (bicyclic) bond motifs is 1. The molecule has 1 aliphatic rings. The molecule has 2 aromatic carbocycles. The van der Waals surface area contributed by atoms with Crippen LogP contribution in [-0.4, -0.2) is 59.3 Å². The van der Waals surface area contributed by atoms with Gasteiger partial charge in [-0.1, -0.05) is 37.6 Å². The smallest absolute Gasteiger partial charge is 0.394 e. The number of alkyl halides is 5. The Morgan fingerprint density at radius 1 is 1.14 bits per heavy atom. The minimum Gasteiger partial charge on any atom is -0.394 e. The van der Waals surface area contributed by atoms with Gasteiger partial charge in [-0.25, -0.2) is 8.78 Å². The largest absolute Gasteiger partial charge is 0.522 e. The van der Waals surface area contributed by atoms with E-state index < -0.39 is 41.2 Å². The molecule has 4 unspecified atom stereocenters. The van der Waals surface area contributed by atoms with Crippen LogP contribution in [0.3, 0.4) is 0 Å². The Labute approximate surface area is 260 Å². The van der Waals surface area contributed by atoms with Crippen LogP contribution in [0.1, 0.15) is 65.0 Å². The Bertz CT molecular complexity index is 1270. The van der Waals surface area contributed by atoms with Crippen molar-refractivity contribution in [1.82, 2.24) is 5.32 Å². The fraction of sp³-hybridized carbons (Fsp3) is 0.556. The van der Waals surface area contributed by atoms with E-state index in [4.69, 9.17) is 33.0 Å². The van der Waals surface area contributed by atoms with Crippen molar-refractivity contribution in [3.05, 3.63) is 70.3 Å². The Morgan fingerprint density at radius 3 is 2.21 bits per heavy atom. The number of hydrogen-bond acceptors (Lipinski definition) is 7. The van der Waals surface area contributed by atoms with Crippen LogP contribution in [0.5, 0.6) is 0 Å². The van der Waals surface area contributed by atoms with E-state index in [2.05, 4.69) is 9.19 Å². The fourth-order valence-electron chi connectivity index (χ4n) is 3.96. The van der Waals surface area contributed by atoms with E-state index >= 15 is 0 Å². The maximum Gasteiger partial charge on any atom is 0.522 e. The van der Waals surface area contributed by atoms with Crippen LogP contribution in [-0.2, 0) is 18.7 Å². The summed E-state index contributed by atoms with van der Waals surface area (Å²) in [5.41, 5.74) is -3.20. The molecule has 16 heteroatoms. The van der Waals surface area contributed by atoms with Crippen LogP contribution in [0.15, 0.2) is 36.4 Å². The fourth-order valence-corrected chi connectivity index (χ4v) is 7.42. The van der Waals surface area contributed by atoms with E-state index in [1.54, 1.807) is 12.1 Å². The van der Waals surface area contributed by atoms with Gasteiger partial charge in [0.1, 0.15) is 11.6 Å². The van der Waals surface area contributed by atoms with Gasteiger partial charge in [0.05, 0.1) is 36.2 Å². The minimum atomic E-state index is -5.39. The lowest BCUT2D eigenvalue weighted by molar-refractivity contribution is -0.0503. The molecule has 1 aliphatic heterocycles. The molecule has 0 spiro atoms. The highest BCUT2D eigenvalue weighted by Crippen LogP contribution is 2.37. The molecule has 0 saturated carbocycles. The van der Waals surface area contributed by atoms with Crippen molar-refractivity contribution < 1.29 is 49.2 Å². The second-order valence-corrected chi connectivity index (χ2v) is 17.7. The lowest BCUT2D eigenvalue weighted by Crippen LogP contribution is -2.36. The summed E-state index contributed by atoms with van der Waals surface area (Å²) in [5.74, 6) is -0.712. The van der Waals surface area contributed by atoms with Gasteiger partial charge in [-0.15, -0.1) is 23.2 Å². The Balaban J connectivity index is 0.000000327. The highest BCUT2D eigenvalue weighted by molar-refractivity contribution is 7.88. The number of aliphatic hydroxyl groups is 2. The summed E-state index contributed by atoms with van der Waals surface area (Å²) in [6.45, 7) is 6.73. The summed E-state index contributed by atoms with van der Waals surface area (Å²) in [6, 6.07) is 9.44. The molecule has 0 aliphatic carbocycles. The number of nitrogens with one attached hydrogen (secondary N) is 1. The van der Waals surface area contributed by atoms with Crippen molar-refractivity contribution in [1.29, 1.82) is 0 Å². The summed E-state index contributed by atoms with van der Waals surface area (Å²) in [4.78, 5) is 0. The first kappa shape index (κ1) is 39.7. The van der Waals surface area contributed by atoms with Crippen molar-refractivity contribution in [2.24, 2.45) is 0 Å². The molecule has 2 aromatic rings. The maximum atomic E-state index is 13.7. The van der Waals surface area contributed by atoms with Gasteiger partial charge in [0.2, 0.25) is 8.32 Å². The van der Waals surface area contributed by atoms with Gasteiger partial charge in [0.25, 0.3) is 0 Å². The van der Waals surface area contributed by atoms with E-state index in [0.29, 0.717) is 30.7 Å². The summed E-state index contributed by atoms with van der Waals surface area (Å²) >= 11 is 12.0. The molecular formula is C27H38Cl2F5NO6SSi. The molecule has 1 heterocycles. The van der Waals surface area contributed by atoms with Crippen molar-refractivity contribution in [3.63, 3.8) is 0 Å². The number of halogens is 7. The standard InChI is InChI=1S/C12H16ClFO2.C11H13ClFNO.C4H9F3O3SSi/c1-2-4-11(16)12-8(9(13)7-15)5-3-6-10(12)14;1-14-5-10-11-7(8(12)6-15-10)3-2-4-9(11)13;1-12(2,3)10-11(8,9)4(5,6)7/h3,5-6,9,11,15-16H,2,4,7H2,1H3;2-4,8,10,14H,5-6H2,1H3;1-3H3. The molecule has 246 valence electrons. The van der Waals surface area contributed by atoms with E-state index in [-0.39, 0.29) is 29.5 Å². The number of hydrogen-bond donors (Lipinski definition) is 3. The van der Waals surface area contributed by atoms with Crippen molar-refractivity contribution in [3.8, 4) is 0 Å². The van der Waals surface area contributed by atoms with Crippen molar-refractivity contribution in [2.45, 2.75) is 67.9 Å². The average Bonchev–Trinajstić information content (AvgIpc) is 2.89. The predicted octanol–water partition coefficient (Wildman–Crippen LogP) is 7.02. The van der Waals surface area contributed by atoms with Gasteiger partial charge in [-0.3, -0.25) is 0 Å². The molecule has 0 bridgehead atoms. The first-order valence-electron chi connectivity index (χ1n) is 13.2. The van der Waals surface area contributed by atoms with Gasteiger partial charge < -0.3 is 24.1 Å². The van der Waals surface area contributed by atoms with E-state index in [1.807, 2.05) is 20.0 Å². The highest BCUT2D eigenvalue weighted by atomic mass is 35.5. The van der Waals surface area contributed by atoms with Gasteiger partial charge in [0.15, 0.2) is 0 Å². The van der Waals surface area contributed by atoms with Gasteiger partial charge >= 0.3 is 15.6 Å². The zero-order valence-electron chi connectivity index (χ0n) is 24.4. The van der Waals surface area contributed by atoms with Crippen molar-refractivity contribution >= 4 is 41.6 Å². The molecule has 0 fully saturated rings. The lowest BCUT2D eigenvalue weighted by Gasteiger charge is -2.29. The molecule has 4 atom stereocenters. The van der Waals surface area contributed by atoms with Crippen LogP contribution >= 0.6 is 23.2 Å². The molecule has 0 saturated heterocycles. The van der Waals surface area contributed by atoms with E-state index in [9.17, 15) is 35.5 Å². The molecule has 0 amide bonds. The summed E-state index contributed by atoms with van der Waals surface area (Å²) in [6.07, 6.45) is 0.125. The summed E-state index contributed by atoms with van der Waals surface area (Å²) in [5, 5.41) is 20.9. The van der Waals surface area contributed by atoms with Gasteiger partial charge in [0, 0.05) is 17.7 Å². The monoisotopic (exact) mass is 697 g/mol. The van der Waals surface area contributed by atoms with Crippen molar-refractivity contribution in [2.75, 3.05) is 26.8 Å². The van der Waals surface area contributed by atoms with Crippen LogP contribution < -0.4 is 5.32 Å². The van der Waals surface area contributed by atoms with E-state index in [0.717, 1.165) is 12.0 Å². The number of benzene rings is 2. The number of ether oxygens (including phenoxy) is 1. The zero-order valence-corrected chi connectivity index (χ0v) is 27.7. The molecular weight excluding hydrogens is 660 g/mol. The Hall–Kier alpha value is -1.36. The van der Waals surface area contributed by atoms with Crippen LogP contribution in [0.2, 0.25) is 19.6 Å². The number of rotatable bonds is 9. The highest BCUT2D eigenvalue weighted by Gasteiger charge is 2.49. The quantitative estimate of drug-likeness (QED) is 0.112. The molecule has 0 radical (unpaired) electrons. The number of aliphatic hydroxyl groups excluding tert-OH is 2. The summed E-state index contributed by atoms with van der Waals surface area (Å²) < 4.78 is 92.5.